The van der Waals surface area contributed by atoms with Crippen LogP contribution in [0.4, 0.5) is 5.13 Å². The van der Waals surface area contributed by atoms with Crippen molar-refractivity contribution in [3.8, 4) is 0 Å². The van der Waals surface area contributed by atoms with Crippen LogP contribution in [0.25, 0.3) is 0 Å². The van der Waals surface area contributed by atoms with E-state index in [1.165, 1.54) is 16.9 Å². The third-order valence-corrected chi connectivity index (χ3v) is 5.49. The zero-order valence-corrected chi connectivity index (χ0v) is 18.4. The Bertz CT molecular complexity index is 777. The van der Waals surface area contributed by atoms with Crippen molar-refractivity contribution in [2.75, 3.05) is 18.4 Å². The van der Waals surface area contributed by atoms with E-state index in [9.17, 15) is 9.59 Å². The largest absolute Gasteiger partial charge is 0.329 e. The minimum absolute atomic E-state index is 0.0201. The molecule has 1 heterocycles. The second kappa shape index (κ2) is 10.4. The summed E-state index contributed by atoms with van der Waals surface area (Å²) in [5, 5.41) is 3.40. The van der Waals surface area contributed by atoms with E-state index in [-0.39, 0.29) is 24.3 Å². The zero-order chi connectivity index (χ0) is 20.7. The number of aromatic nitrogens is 1. The highest BCUT2D eigenvalue weighted by atomic mass is 32.1. The van der Waals surface area contributed by atoms with Crippen molar-refractivity contribution in [3.63, 3.8) is 0 Å². The Hall–Kier alpha value is -2.21. The van der Waals surface area contributed by atoms with E-state index in [0.29, 0.717) is 17.2 Å². The molecule has 0 radical (unpaired) electrons. The van der Waals surface area contributed by atoms with Gasteiger partial charge < -0.3 is 10.2 Å². The van der Waals surface area contributed by atoms with E-state index >= 15 is 0 Å². The molecule has 1 N–H and O–H groups in total. The number of hydrogen-bond donors (Lipinski definition) is 1. The average molecular weight is 402 g/mol. The van der Waals surface area contributed by atoms with E-state index in [1.807, 2.05) is 52.0 Å². The fourth-order valence-electron chi connectivity index (χ4n) is 2.90. The number of anilines is 1. The van der Waals surface area contributed by atoms with Crippen LogP contribution in [0.1, 0.15) is 60.1 Å². The smallest absolute Gasteiger partial charge is 0.254 e. The minimum atomic E-state index is -0.220. The van der Waals surface area contributed by atoms with Crippen molar-refractivity contribution in [2.45, 2.75) is 53.9 Å². The highest BCUT2D eigenvalue weighted by Crippen LogP contribution is 2.21. The molecule has 0 spiro atoms. The molecule has 2 aromatic rings. The molecule has 0 fully saturated rings. The van der Waals surface area contributed by atoms with Crippen LogP contribution in [-0.2, 0) is 11.2 Å². The maximum Gasteiger partial charge on any atom is 0.254 e. The van der Waals surface area contributed by atoms with Crippen LogP contribution in [0, 0.1) is 19.8 Å². The fourth-order valence-corrected chi connectivity index (χ4v) is 3.73. The number of rotatable bonds is 9. The first-order valence-corrected chi connectivity index (χ1v) is 10.7. The Morgan fingerprint density at radius 2 is 1.86 bits per heavy atom. The van der Waals surface area contributed by atoms with Crippen LogP contribution < -0.4 is 5.32 Å². The second-order valence-corrected chi connectivity index (χ2v) is 8.79. The number of aryl methyl sites for hydroxylation is 3. The Morgan fingerprint density at radius 3 is 2.39 bits per heavy atom. The maximum atomic E-state index is 13.0. The molecule has 0 saturated carbocycles. The third-order valence-electron chi connectivity index (χ3n) is 4.50. The van der Waals surface area contributed by atoms with Gasteiger partial charge in [-0.05, 0) is 50.3 Å². The molecular weight excluding hydrogens is 370 g/mol. The Labute approximate surface area is 172 Å². The second-order valence-electron chi connectivity index (χ2n) is 7.59. The first kappa shape index (κ1) is 22.1. The van der Waals surface area contributed by atoms with Gasteiger partial charge in [0.2, 0.25) is 5.91 Å². The number of carbonyl (C=O) groups is 2. The van der Waals surface area contributed by atoms with Crippen molar-refractivity contribution in [2.24, 2.45) is 5.92 Å². The van der Waals surface area contributed by atoms with Gasteiger partial charge in [-0.3, -0.25) is 9.59 Å². The summed E-state index contributed by atoms with van der Waals surface area (Å²) in [6, 6.07) is 7.76. The number of carbonyl (C=O) groups excluding carboxylic acids is 2. The molecule has 0 unspecified atom stereocenters. The molecule has 0 bridgehead atoms. The Morgan fingerprint density at radius 1 is 1.18 bits per heavy atom. The third kappa shape index (κ3) is 6.44. The van der Waals surface area contributed by atoms with Crippen LogP contribution in [0.15, 0.2) is 24.3 Å². The lowest BCUT2D eigenvalue weighted by Gasteiger charge is -2.24. The van der Waals surface area contributed by atoms with Gasteiger partial charge in [0.1, 0.15) is 6.54 Å². The number of benzene rings is 1. The van der Waals surface area contributed by atoms with Crippen LogP contribution in [0.3, 0.4) is 0 Å². The van der Waals surface area contributed by atoms with Crippen LogP contribution in [0.5, 0.6) is 0 Å². The van der Waals surface area contributed by atoms with Crippen molar-refractivity contribution in [1.82, 2.24) is 9.88 Å². The van der Waals surface area contributed by atoms with Crippen molar-refractivity contribution in [3.05, 3.63) is 46.0 Å². The lowest BCUT2D eigenvalue weighted by atomic mass is 10.1. The van der Waals surface area contributed by atoms with Gasteiger partial charge in [0.25, 0.3) is 5.91 Å². The molecule has 2 amide bonds. The van der Waals surface area contributed by atoms with Gasteiger partial charge in [-0.25, -0.2) is 4.98 Å². The van der Waals surface area contributed by atoms with Gasteiger partial charge >= 0.3 is 0 Å². The highest BCUT2D eigenvalue weighted by Gasteiger charge is 2.20. The molecule has 0 atom stereocenters. The topological polar surface area (TPSA) is 62.3 Å². The van der Waals surface area contributed by atoms with E-state index in [4.69, 9.17) is 0 Å². The van der Waals surface area contributed by atoms with E-state index < -0.39 is 0 Å². The molecule has 1 aromatic heterocycles. The summed E-state index contributed by atoms with van der Waals surface area (Å²) in [6.45, 7) is 10.7. The normalized spacial score (nSPS) is 10.9. The van der Waals surface area contributed by atoms with Crippen molar-refractivity contribution >= 4 is 28.3 Å². The molecule has 0 aliphatic rings. The molecule has 152 valence electrons. The number of nitrogens with zero attached hydrogens (tertiary/aromatic N) is 2. The van der Waals surface area contributed by atoms with Crippen LogP contribution in [0.2, 0.25) is 0 Å². The van der Waals surface area contributed by atoms with Gasteiger partial charge in [0.15, 0.2) is 5.13 Å². The van der Waals surface area contributed by atoms with E-state index in [2.05, 4.69) is 17.2 Å². The Balaban J connectivity index is 2.06. The molecule has 5 nitrogen and oxygen atoms in total. The Kier molecular flexibility index (Phi) is 8.18. The number of nitrogens with one attached hydrogen (secondary N) is 1. The minimum Gasteiger partial charge on any atom is -0.329 e. The van der Waals surface area contributed by atoms with Crippen molar-refractivity contribution in [1.29, 1.82) is 0 Å². The molecule has 0 aliphatic carbocycles. The van der Waals surface area contributed by atoms with E-state index in [1.54, 1.807) is 4.90 Å². The molecule has 0 saturated heterocycles. The first-order valence-electron chi connectivity index (χ1n) is 9.92. The fraction of sp³-hybridized carbons (Fsp3) is 0.500. The summed E-state index contributed by atoms with van der Waals surface area (Å²) >= 11 is 1.45. The highest BCUT2D eigenvalue weighted by molar-refractivity contribution is 7.15. The predicted molar refractivity (Wildman–Crippen MR) is 116 cm³/mol. The van der Waals surface area contributed by atoms with Crippen molar-refractivity contribution < 1.29 is 9.59 Å². The van der Waals surface area contributed by atoms with E-state index in [0.717, 1.165) is 29.8 Å². The molecular formula is C22H31N3O2S. The number of hydrogen-bond acceptors (Lipinski definition) is 4. The van der Waals surface area contributed by atoms with Gasteiger partial charge in [0.05, 0.1) is 5.69 Å². The maximum absolute atomic E-state index is 13.0. The van der Waals surface area contributed by atoms with Crippen LogP contribution in [-0.4, -0.2) is 34.8 Å². The summed E-state index contributed by atoms with van der Waals surface area (Å²) < 4.78 is 0. The summed E-state index contributed by atoms with van der Waals surface area (Å²) in [5.41, 5.74) is 2.77. The van der Waals surface area contributed by atoms with Gasteiger partial charge in [0, 0.05) is 17.0 Å². The lowest BCUT2D eigenvalue weighted by molar-refractivity contribution is -0.117. The number of amides is 2. The van der Waals surface area contributed by atoms with Gasteiger partial charge in [-0.1, -0.05) is 39.3 Å². The molecule has 28 heavy (non-hydrogen) atoms. The van der Waals surface area contributed by atoms with Crippen LogP contribution >= 0.6 is 11.3 Å². The molecule has 0 aliphatic heterocycles. The molecule has 1 aromatic carbocycles. The van der Waals surface area contributed by atoms with Gasteiger partial charge in [-0.2, -0.15) is 0 Å². The number of thiazole rings is 1. The zero-order valence-electron chi connectivity index (χ0n) is 17.5. The first-order chi connectivity index (χ1) is 13.3. The monoisotopic (exact) mass is 401 g/mol. The summed E-state index contributed by atoms with van der Waals surface area (Å²) in [7, 11) is 0. The summed E-state index contributed by atoms with van der Waals surface area (Å²) in [5.74, 6) is -0.0652. The number of unbranched alkanes of at least 4 members (excludes halogenated alkanes) is 1. The quantitative estimate of drug-likeness (QED) is 0.654. The summed E-state index contributed by atoms with van der Waals surface area (Å²) in [4.78, 5) is 32.5. The molecule has 2 rings (SSSR count). The molecule has 6 heteroatoms. The standard InChI is InChI=1S/C22H31N3O2S/c1-6-7-8-18-9-11-19(12-10-18)21(27)25(13-15(2)3)14-20(26)24-22-23-16(4)17(5)28-22/h9-12,15H,6-8,13-14H2,1-5H3,(H,23,24,26). The predicted octanol–water partition coefficient (Wildman–Crippen LogP) is 4.84. The average Bonchev–Trinajstić information content (AvgIpc) is 2.95. The van der Waals surface area contributed by atoms with Gasteiger partial charge in [-0.15, -0.1) is 11.3 Å². The SMILES string of the molecule is CCCCc1ccc(C(=O)N(CC(=O)Nc2nc(C)c(C)s2)CC(C)C)cc1. The summed E-state index contributed by atoms with van der Waals surface area (Å²) in [6.07, 6.45) is 3.31. The lowest BCUT2D eigenvalue weighted by Crippen LogP contribution is -2.40.